The van der Waals surface area contributed by atoms with Crippen LogP contribution in [0.3, 0.4) is 0 Å². The summed E-state index contributed by atoms with van der Waals surface area (Å²) < 4.78 is 0. The van der Waals surface area contributed by atoms with Crippen molar-refractivity contribution >= 4 is 11.9 Å². The van der Waals surface area contributed by atoms with Crippen LogP contribution >= 0.6 is 0 Å². The number of aliphatic carboxylic acids is 1. The maximum absolute atomic E-state index is 11.6. The van der Waals surface area contributed by atoms with Gasteiger partial charge in [0.1, 0.15) is 6.04 Å². The number of nitrogens with one attached hydrogen (secondary N) is 2. The summed E-state index contributed by atoms with van der Waals surface area (Å²) in [6.45, 7) is 0.184. The quantitative estimate of drug-likeness (QED) is 0.670. The number of hydrogen-bond acceptors (Lipinski definition) is 3. The van der Waals surface area contributed by atoms with Crippen molar-refractivity contribution in [3.8, 4) is 0 Å². The minimum absolute atomic E-state index is 0.184. The lowest BCUT2D eigenvalue weighted by atomic mass is 10.1. The van der Waals surface area contributed by atoms with Crippen molar-refractivity contribution < 1.29 is 14.7 Å². The smallest absolute Gasteiger partial charge is 0.326 e. The second-order valence-electron chi connectivity index (χ2n) is 4.80. The first-order chi connectivity index (χ1) is 9.15. The second kappa shape index (κ2) is 6.33. The third-order valence-electron chi connectivity index (χ3n) is 3.04. The number of carboxylic acid groups (broad SMARTS) is 1. The standard InChI is InChI=1S/C14H18N2O3/c17-13(9-15-11-6-7-11)16-12(14(18)19)8-10-4-2-1-3-5-10/h1-5,11-12,15H,6-9H2,(H,16,17)(H,18,19). The van der Waals surface area contributed by atoms with Gasteiger partial charge < -0.3 is 15.7 Å². The molecule has 1 amide bonds. The van der Waals surface area contributed by atoms with Gasteiger partial charge in [-0.15, -0.1) is 0 Å². The number of hydrogen-bond donors (Lipinski definition) is 3. The van der Waals surface area contributed by atoms with Crippen LogP contribution in [0, 0.1) is 0 Å². The highest BCUT2D eigenvalue weighted by Crippen LogP contribution is 2.17. The van der Waals surface area contributed by atoms with E-state index >= 15 is 0 Å². The molecule has 0 radical (unpaired) electrons. The van der Waals surface area contributed by atoms with Crippen LogP contribution in [-0.2, 0) is 16.0 Å². The molecule has 0 bridgehead atoms. The van der Waals surface area contributed by atoms with E-state index in [-0.39, 0.29) is 12.5 Å². The normalized spacial score (nSPS) is 15.8. The molecule has 102 valence electrons. The van der Waals surface area contributed by atoms with Gasteiger partial charge in [0.05, 0.1) is 6.54 Å². The summed E-state index contributed by atoms with van der Waals surface area (Å²) in [5, 5.41) is 14.7. The number of carbonyl (C=O) groups is 2. The topological polar surface area (TPSA) is 78.4 Å². The van der Waals surface area contributed by atoms with Gasteiger partial charge in [-0.3, -0.25) is 4.79 Å². The van der Waals surface area contributed by atoms with E-state index in [1.807, 2.05) is 30.3 Å². The zero-order valence-corrected chi connectivity index (χ0v) is 10.6. The summed E-state index contributed by atoms with van der Waals surface area (Å²) in [6, 6.07) is 8.83. The van der Waals surface area contributed by atoms with Gasteiger partial charge in [-0.2, -0.15) is 0 Å². The number of amides is 1. The second-order valence-corrected chi connectivity index (χ2v) is 4.80. The first kappa shape index (κ1) is 13.5. The molecule has 1 aromatic carbocycles. The van der Waals surface area contributed by atoms with E-state index in [1.165, 1.54) is 0 Å². The largest absolute Gasteiger partial charge is 0.480 e. The molecule has 1 aliphatic rings. The molecule has 5 nitrogen and oxygen atoms in total. The third-order valence-corrected chi connectivity index (χ3v) is 3.04. The molecule has 0 saturated heterocycles. The van der Waals surface area contributed by atoms with Crippen molar-refractivity contribution in [2.75, 3.05) is 6.54 Å². The summed E-state index contributed by atoms with van der Waals surface area (Å²) in [5.41, 5.74) is 0.894. The molecule has 0 heterocycles. The molecule has 2 rings (SSSR count). The Kier molecular flexibility index (Phi) is 4.52. The SMILES string of the molecule is O=C(CNC1CC1)NC(Cc1ccccc1)C(=O)O. The summed E-state index contributed by atoms with van der Waals surface area (Å²) in [6.07, 6.45) is 2.49. The Labute approximate surface area is 112 Å². The van der Waals surface area contributed by atoms with Gasteiger partial charge in [0.15, 0.2) is 0 Å². The van der Waals surface area contributed by atoms with E-state index in [9.17, 15) is 9.59 Å². The predicted octanol–water partition coefficient (Wildman–Crippen LogP) is 0.550. The van der Waals surface area contributed by atoms with Crippen LogP contribution in [0.15, 0.2) is 30.3 Å². The van der Waals surface area contributed by atoms with Crippen LogP contribution in [0.2, 0.25) is 0 Å². The average molecular weight is 262 g/mol. The Morgan fingerprint density at radius 2 is 1.95 bits per heavy atom. The van der Waals surface area contributed by atoms with Crippen LogP contribution in [0.4, 0.5) is 0 Å². The first-order valence-corrected chi connectivity index (χ1v) is 6.44. The van der Waals surface area contributed by atoms with Crippen molar-refractivity contribution in [2.24, 2.45) is 0 Å². The molecule has 5 heteroatoms. The van der Waals surface area contributed by atoms with Crippen molar-refractivity contribution in [3.63, 3.8) is 0 Å². The molecule has 1 aliphatic carbocycles. The van der Waals surface area contributed by atoms with E-state index in [0.717, 1.165) is 18.4 Å². The summed E-state index contributed by atoms with van der Waals surface area (Å²) >= 11 is 0. The average Bonchev–Trinajstić information content (AvgIpc) is 3.21. The van der Waals surface area contributed by atoms with Crippen LogP contribution < -0.4 is 10.6 Å². The molecule has 1 fully saturated rings. The van der Waals surface area contributed by atoms with Gasteiger partial charge in [-0.1, -0.05) is 30.3 Å². The lowest BCUT2D eigenvalue weighted by Gasteiger charge is -2.14. The highest BCUT2D eigenvalue weighted by atomic mass is 16.4. The van der Waals surface area contributed by atoms with Crippen LogP contribution in [0.1, 0.15) is 18.4 Å². The van der Waals surface area contributed by atoms with Gasteiger partial charge in [-0.25, -0.2) is 4.79 Å². The van der Waals surface area contributed by atoms with Crippen molar-refractivity contribution in [3.05, 3.63) is 35.9 Å². The monoisotopic (exact) mass is 262 g/mol. The molecular formula is C14H18N2O3. The van der Waals surface area contributed by atoms with Crippen LogP contribution in [-0.4, -0.2) is 35.6 Å². The Morgan fingerprint density at radius 3 is 2.53 bits per heavy atom. The van der Waals surface area contributed by atoms with Crippen LogP contribution in [0.5, 0.6) is 0 Å². The van der Waals surface area contributed by atoms with E-state index < -0.39 is 12.0 Å². The summed E-state index contributed by atoms with van der Waals surface area (Å²) in [7, 11) is 0. The van der Waals surface area contributed by atoms with Gasteiger partial charge >= 0.3 is 5.97 Å². The van der Waals surface area contributed by atoms with Gasteiger partial charge in [0, 0.05) is 12.5 Å². The summed E-state index contributed by atoms with van der Waals surface area (Å²) in [4.78, 5) is 22.8. The molecule has 1 aromatic rings. The Hall–Kier alpha value is -1.88. The number of carboxylic acids is 1. The van der Waals surface area contributed by atoms with Gasteiger partial charge in [-0.05, 0) is 18.4 Å². The molecule has 0 aromatic heterocycles. The predicted molar refractivity (Wildman–Crippen MR) is 70.7 cm³/mol. The van der Waals surface area contributed by atoms with Crippen LogP contribution in [0.25, 0.3) is 0 Å². The lowest BCUT2D eigenvalue weighted by molar-refractivity contribution is -0.141. The van der Waals surface area contributed by atoms with Crippen molar-refractivity contribution in [1.29, 1.82) is 0 Å². The Morgan fingerprint density at radius 1 is 1.26 bits per heavy atom. The molecule has 0 aliphatic heterocycles. The highest BCUT2D eigenvalue weighted by Gasteiger charge is 2.23. The van der Waals surface area contributed by atoms with Gasteiger partial charge in [0.2, 0.25) is 5.91 Å². The lowest BCUT2D eigenvalue weighted by Crippen LogP contribution is -2.46. The Balaban J connectivity index is 1.84. The third kappa shape index (κ3) is 4.71. The highest BCUT2D eigenvalue weighted by molar-refractivity contribution is 5.84. The molecule has 19 heavy (non-hydrogen) atoms. The fourth-order valence-corrected chi connectivity index (χ4v) is 1.82. The molecule has 1 saturated carbocycles. The van der Waals surface area contributed by atoms with Gasteiger partial charge in [0.25, 0.3) is 0 Å². The number of benzene rings is 1. The van der Waals surface area contributed by atoms with E-state index in [1.54, 1.807) is 0 Å². The van der Waals surface area contributed by atoms with Crippen molar-refractivity contribution in [1.82, 2.24) is 10.6 Å². The Bertz CT molecular complexity index is 443. The molecule has 1 unspecified atom stereocenters. The molecule has 1 atom stereocenters. The zero-order chi connectivity index (χ0) is 13.7. The first-order valence-electron chi connectivity index (χ1n) is 6.44. The van der Waals surface area contributed by atoms with E-state index in [2.05, 4.69) is 10.6 Å². The summed E-state index contributed by atoms with van der Waals surface area (Å²) in [5.74, 6) is -1.28. The molecule has 3 N–H and O–H groups in total. The van der Waals surface area contributed by atoms with Crippen molar-refractivity contribution in [2.45, 2.75) is 31.3 Å². The maximum atomic E-state index is 11.6. The number of rotatable bonds is 7. The fourth-order valence-electron chi connectivity index (χ4n) is 1.82. The fraction of sp³-hybridized carbons (Fsp3) is 0.429. The maximum Gasteiger partial charge on any atom is 0.326 e. The minimum atomic E-state index is -1.01. The number of carbonyl (C=O) groups excluding carboxylic acids is 1. The van der Waals surface area contributed by atoms with E-state index in [0.29, 0.717) is 12.5 Å². The molecular weight excluding hydrogens is 244 g/mol. The van der Waals surface area contributed by atoms with E-state index in [4.69, 9.17) is 5.11 Å². The minimum Gasteiger partial charge on any atom is -0.480 e. The molecule has 0 spiro atoms. The zero-order valence-electron chi connectivity index (χ0n) is 10.6.